The number of nitrogens with one attached hydrogen (secondary N) is 1. The molecule has 0 saturated heterocycles. The topological polar surface area (TPSA) is 28.4 Å². The summed E-state index contributed by atoms with van der Waals surface area (Å²) in [5.74, 6) is 3.14. The van der Waals surface area contributed by atoms with Gasteiger partial charge in [-0.2, -0.15) is 0 Å². The third-order valence-corrected chi connectivity index (χ3v) is 3.48. The van der Waals surface area contributed by atoms with Crippen LogP contribution in [0.4, 0.5) is 0 Å². The maximum atomic E-state index is 5.93. The fourth-order valence-electron chi connectivity index (χ4n) is 2.29. The van der Waals surface area contributed by atoms with E-state index in [0.29, 0.717) is 0 Å². The Kier molecular flexibility index (Phi) is 4.84. The minimum absolute atomic E-state index is 0.853. The van der Waals surface area contributed by atoms with Gasteiger partial charge >= 0.3 is 0 Å². The molecule has 1 aromatic rings. The molecular weight excluding hydrogens is 224 g/mol. The summed E-state index contributed by atoms with van der Waals surface area (Å²) in [7, 11) is 2.19. The molecule has 18 heavy (non-hydrogen) atoms. The van der Waals surface area contributed by atoms with Gasteiger partial charge < -0.3 is 9.73 Å². The van der Waals surface area contributed by atoms with E-state index in [0.717, 1.165) is 43.5 Å². The van der Waals surface area contributed by atoms with Crippen molar-refractivity contribution in [1.29, 1.82) is 0 Å². The van der Waals surface area contributed by atoms with Crippen molar-refractivity contribution < 1.29 is 4.42 Å². The summed E-state index contributed by atoms with van der Waals surface area (Å²) in [6.45, 7) is 8.37. The van der Waals surface area contributed by atoms with Gasteiger partial charge in [0.2, 0.25) is 0 Å². The molecule has 1 N–H and O–H groups in total. The molecule has 3 heteroatoms. The predicted molar refractivity (Wildman–Crippen MR) is 74.5 cm³/mol. The molecule has 1 aromatic heterocycles. The first kappa shape index (κ1) is 13.6. The van der Waals surface area contributed by atoms with Crippen LogP contribution in [0.2, 0.25) is 0 Å². The Morgan fingerprint density at radius 1 is 1.44 bits per heavy atom. The molecule has 0 unspecified atom stereocenters. The molecule has 1 saturated carbocycles. The average Bonchev–Trinajstić information content (AvgIpc) is 3.05. The van der Waals surface area contributed by atoms with Gasteiger partial charge in [-0.25, -0.2) is 0 Å². The molecule has 0 atom stereocenters. The van der Waals surface area contributed by atoms with E-state index in [-0.39, 0.29) is 0 Å². The number of hydrogen-bond acceptors (Lipinski definition) is 3. The summed E-state index contributed by atoms with van der Waals surface area (Å²) in [6, 6.07) is 2.19. The van der Waals surface area contributed by atoms with Crippen LogP contribution in [-0.2, 0) is 13.1 Å². The van der Waals surface area contributed by atoms with Gasteiger partial charge in [0.15, 0.2) is 0 Å². The molecule has 2 rings (SSSR count). The van der Waals surface area contributed by atoms with Crippen molar-refractivity contribution >= 4 is 0 Å². The summed E-state index contributed by atoms with van der Waals surface area (Å²) < 4.78 is 5.93. The highest BCUT2D eigenvalue weighted by Crippen LogP contribution is 2.29. The molecule has 0 radical (unpaired) electrons. The van der Waals surface area contributed by atoms with Gasteiger partial charge in [-0.3, -0.25) is 4.90 Å². The maximum absolute atomic E-state index is 5.93. The zero-order valence-corrected chi connectivity index (χ0v) is 12.0. The summed E-state index contributed by atoms with van der Waals surface area (Å²) in [4.78, 5) is 2.37. The van der Waals surface area contributed by atoms with Gasteiger partial charge in [0.05, 0.1) is 13.1 Å². The largest absolute Gasteiger partial charge is 0.463 e. The van der Waals surface area contributed by atoms with Crippen LogP contribution in [0.25, 0.3) is 0 Å². The Morgan fingerprint density at radius 3 is 2.89 bits per heavy atom. The van der Waals surface area contributed by atoms with E-state index < -0.39 is 0 Å². The third-order valence-electron chi connectivity index (χ3n) is 3.48. The second-order valence-corrected chi connectivity index (χ2v) is 5.64. The van der Waals surface area contributed by atoms with Crippen molar-refractivity contribution in [3.05, 3.63) is 23.2 Å². The van der Waals surface area contributed by atoms with Crippen molar-refractivity contribution in [2.24, 2.45) is 5.92 Å². The molecule has 1 aliphatic rings. The van der Waals surface area contributed by atoms with Gasteiger partial charge in [-0.15, -0.1) is 0 Å². The standard InChI is InChI=1S/C15H26N2O/c1-4-7-16-9-15-12(2)8-14(18-15)11-17(3)10-13-5-6-13/h8,13,16H,4-7,9-11H2,1-3H3. The molecule has 0 aromatic carbocycles. The van der Waals surface area contributed by atoms with E-state index in [2.05, 4.69) is 37.2 Å². The van der Waals surface area contributed by atoms with Crippen LogP contribution in [0.15, 0.2) is 10.5 Å². The lowest BCUT2D eigenvalue weighted by molar-refractivity contribution is 0.279. The van der Waals surface area contributed by atoms with E-state index in [1.54, 1.807) is 0 Å². The Balaban J connectivity index is 1.82. The Morgan fingerprint density at radius 2 is 2.22 bits per heavy atom. The Bertz CT molecular complexity index is 369. The number of rotatable bonds is 8. The van der Waals surface area contributed by atoms with Crippen molar-refractivity contribution in [3.63, 3.8) is 0 Å². The Labute approximate surface area is 111 Å². The van der Waals surface area contributed by atoms with E-state index in [1.807, 2.05) is 0 Å². The lowest BCUT2D eigenvalue weighted by Crippen LogP contribution is -2.20. The molecule has 0 bridgehead atoms. The third kappa shape index (κ3) is 4.14. The molecule has 1 aliphatic carbocycles. The van der Waals surface area contributed by atoms with Crippen molar-refractivity contribution in [1.82, 2.24) is 10.2 Å². The molecule has 0 amide bonds. The summed E-state index contributed by atoms with van der Waals surface area (Å²) >= 11 is 0. The van der Waals surface area contributed by atoms with Crippen molar-refractivity contribution in [2.75, 3.05) is 20.1 Å². The molecule has 3 nitrogen and oxygen atoms in total. The number of furan rings is 1. The lowest BCUT2D eigenvalue weighted by atomic mass is 10.2. The van der Waals surface area contributed by atoms with Crippen molar-refractivity contribution in [2.45, 2.75) is 46.2 Å². The maximum Gasteiger partial charge on any atom is 0.120 e. The zero-order chi connectivity index (χ0) is 13.0. The SMILES string of the molecule is CCCNCc1oc(CN(C)CC2CC2)cc1C. The zero-order valence-electron chi connectivity index (χ0n) is 12.0. The fourth-order valence-corrected chi connectivity index (χ4v) is 2.29. The monoisotopic (exact) mass is 250 g/mol. The van der Waals surface area contributed by atoms with Gasteiger partial charge in [-0.1, -0.05) is 6.92 Å². The quantitative estimate of drug-likeness (QED) is 0.719. The number of nitrogens with zero attached hydrogens (tertiary/aromatic N) is 1. The highest BCUT2D eigenvalue weighted by atomic mass is 16.3. The minimum atomic E-state index is 0.853. The molecule has 0 aliphatic heterocycles. The lowest BCUT2D eigenvalue weighted by Gasteiger charge is -2.13. The highest BCUT2D eigenvalue weighted by molar-refractivity contribution is 5.20. The average molecular weight is 250 g/mol. The smallest absolute Gasteiger partial charge is 0.120 e. The first-order valence-corrected chi connectivity index (χ1v) is 7.16. The first-order valence-electron chi connectivity index (χ1n) is 7.16. The van der Waals surface area contributed by atoms with Gasteiger partial charge in [0, 0.05) is 6.54 Å². The van der Waals surface area contributed by atoms with Gasteiger partial charge in [-0.05, 0) is 57.3 Å². The minimum Gasteiger partial charge on any atom is -0.463 e. The van der Waals surface area contributed by atoms with Gasteiger partial charge in [0.1, 0.15) is 11.5 Å². The molecule has 1 fully saturated rings. The fraction of sp³-hybridized carbons (Fsp3) is 0.733. The molecule has 1 heterocycles. The van der Waals surface area contributed by atoms with Crippen LogP contribution in [0.1, 0.15) is 43.3 Å². The molecule has 102 valence electrons. The van der Waals surface area contributed by atoms with Crippen LogP contribution < -0.4 is 5.32 Å². The van der Waals surface area contributed by atoms with Crippen molar-refractivity contribution in [3.8, 4) is 0 Å². The van der Waals surface area contributed by atoms with Crippen LogP contribution in [0.5, 0.6) is 0 Å². The number of hydrogen-bond donors (Lipinski definition) is 1. The summed E-state index contributed by atoms with van der Waals surface area (Å²) in [6.07, 6.45) is 3.98. The van der Waals surface area contributed by atoms with E-state index in [4.69, 9.17) is 4.42 Å². The second kappa shape index (κ2) is 6.39. The second-order valence-electron chi connectivity index (χ2n) is 5.64. The first-order chi connectivity index (χ1) is 8.69. The predicted octanol–water partition coefficient (Wildman–Crippen LogP) is 2.93. The number of aryl methyl sites for hydroxylation is 1. The van der Waals surface area contributed by atoms with Crippen LogP contribution in [-0.4, -0.2) is 25.0 Å². The van der Waals surface area contributed by atoms with E-state index in [1.165, 1.54) is 24.9 Å². The summed E-state index contributed by atoms with van der Waals surface area (Å²) in [5.41, 5.74) is 1.27. The van der Waals surface area contributed by atoms with Crippen LogP contribution in [0, 0.1) is 12.8 Å². The Hall–Kier alpha value is -0.800. The van der Waals surface area contributed by atoms with E-state index in [9.17, 15) is 0 Å². The summed E-state index contributed by atoms with van der Waals surface area (Å²) in [5, 5.41) is 3.39. The van der Waals surface area contributed by atoms with Crippen LogP contribution >= 0.6 is 0 Å². The highest BCUT2D eigenvalue weighted by Gasteiger charge is 2.23. The molecule has 0 spiro atoms. The normalized spacial score (nSPS) is 15.6. The van der Waals surface area contributed by atoms with Crippen LogP contribution in [0.3, 0.4) is 0 Å². The van der Waals surface area contributed by atoms with Gasteiger partial charge in [0.25, 0.3) is 0 Å². The molecular formula is C15H26N2O. The van der Waals surface area contributed by atoms with E-state index >= 15 is 0 Å².